The first kappa shape index (κ1) is 14.3. The first-order valence-electron chi connectivity index (χ1n) is 8.67. The van der Waals surface area contributed by atoms with E-state index in [0.29, 0.717) is 29.0 Å². The van der Waals surface area contributed by atoms with Crippen LogP contribution in [0.25, 0.3) is 0 Å². The Labute approximate surface area is 139 Å². The van der Waals surface area contributed by atoms with E-state index in [0.717, 1.165) is 25.9 Å². The Kier molecular flexibility index (Phi) is 2.95. The van der Waals surface area contributed by atoms with Gasteiger partial charge in [-0.3, -0.25) is 9.59 Å². The minimum atomic E-state index is -0.196. The number of carbonyl (C=O) groups is 2. The molecule has 0 radical (unpaired) electrons. The van der Waals surface area contributed by atoms with Crippen LogP contribution in [0.1, 0.15) is 36.0 Å². The highest BCUT2D eigenvalue weighted by Crippen LogP contribution is 2.62. The number of amides is 2. The fourth-order valence-corrected chi connectivity index (χ4v) is 4.90. The Hall–Kier alpha value is -2.08. The van der Waals surface area contributed by atoms with Crippen LogP contribution in [0, 0.1) is 11.3 Å². The number of benzene rings is 1. The molecular formula is C18H20N2O4. The van der Waals surface area contributed by atoms with Crippen molar-refractivity contribution in [1.82, 2.24) is 5.32 Å². The standard InChI is InChI=1S/C18H20N2O4/c21-14-9-24-13-3-2-10(8-12(13)19-14)17(22)20-15-11-4-7-23-16(11)18(15)5-1-6-18/h2-3,8,11,15-16H,1,4-7,9H2,(H,19,21)(H,20,22)/t11-,15+,16-/m0/s1. The van der Waals surface area contributed by atoms with Crippen LogP contribution in [-0.2, 0) is 9.53 Å². The van der Waals surface area contributed by atoms with E-state index < -0.39 is 0 Å². The van der Waals surface area contributed by atoms with Gasteiger partial charge in [-0.05, 0) is 37.5 Å². The predicted octanol–water partition coefficient (Wildman–Crippen LogP) is 1.70. The molecule has 24 heavy (non-hydrogen) atoms. The Morgan fingerprint density at radius 2 is 2.21 bits per heavy atom. The number of ether oxygens (including phenoxy) is 2. The summed E-state index contributed by atoms with van der Waals surface area (Å²) in [6, 6.07) is 5.40. The van der Waals surface area contributed by atoms with Gasteiger partial charge < -0.3 is 20.1 Å². The van der Waals surface area contributed by atoms with Crippen molar-refractivity contribution < 1.29 is 19.1 Å². The summed E-state index contributed by atoms with van der Waals surface area (Å²) in [6.45, 7) is 0.831. The van der Waals surface area contributed by atoms with Crippen LogP contribution in [0.4, 0.5) is 5.69 Å². The molecule has 0 bridgehead atoms. The van der Waals surface area contributed by atoms with Gasteiger partial charge in [0.15, 0.2) is 6.61 Å². The smallest absolute Gasteiger partial charge is 0.262 e. The lowest BCUT2D eigenvalue weighted by Crippen LogP contribution is -2.71. The highest BCUT2D eigenvalue weighted by molar-refractivity contribution is 6.00. The van der Waals surface area contributed by atoms with Crippen molar-refractivity contribution in [2.24, 2.45) is 11.3 Å². The summed E-state index contributed by atoms with van der Waals surface area (Å²) in [5, 5.41) is 5.99. The maximum absolute atomic E-state index is 12.7. The summed E-state index contributed by atoms with van der Waals surface area (Å²) in [4.78, 5) is 24.2. The van der Waals surface area contributed by atoms with Gasteiger partial charge in [-0.25, -0.2) is 0 Å². The van der Waals surface area contributed by atoms with E-state index in [1.807, 2.05) is 0 Å². The van der Waals surface area contributed by atoms with Crippen LogP contribution in [0.15, 0.2) is 18.2 Å². The highest BCUT2D eigenvalue weighted by atomic mass is 16.5. The predicted molar refractivity (Wildman–Crippen MR) is 86.0 cm³/mol. The third-order valence-electron chi connectivity index (χ3n) is 6.20. The largest absolute Gasteiger partial charge is 0.482 e. The van der Waals surface area contributed by atoms with Crippen LogP contribution in [0.2, 0.25) is 0 Å². The molecule has 4 aliphatic rings. The van der Waals surface area contributed by atoms with Crippen LogP contribution in [0.3, 0.4) is 0 Å². The average Bonchev–Trinajstić information content (AvgIpc) is 2.95. The molecule has 2 heterocycles. The van der Waals surface area contributed by atoms with E-state index in [-0.39, 0.29) is 29.9 Å². The maximum atomic E-state index is 12.7. The third kappa shape index (κ3) is 1.86. The van der Waals surface area contributed by atoms with Crippen molar-refractivity contribution >= 4 is 17.5 Å². The second-order valence-corrected chi connectivity index (χ2v) is 7.33. The van der Waals surface area contributed by atoms with Gasteiger partial charge in [-0.15, -0.1) is 0 Å². The molecule has 0 unspecified atom stereocenters. The van der Waals surface area contributed by atoms with Crippen molar-refractivity contribution in [2.45, 2.75) is 37.8 Å². The first-order chi connectivity index (χ1) is 11.7. The molecule has 2 saturated carbocycles. The number of hydrogen-bond acceptors (Lipinski definition) is 4. The monoisotopic (exact) mass is 328 g/mol. The van der Waals surface area contributed by atoms with Crippen molar-refractivity contribution in [1.29, 1.82) is 0 Å². The van der Waals surface area contributed by atoms with E-state index >= 15 is 0 Å². The Balaban J connectivity index is 1.36. The minimum absolute atomic E-state index is 0.0200. The number of nitrogens with one attached hydrogen (secondary N) is 2. The van der Waals surface area contributed by atoms with Gasteiger partial charge in [0, 0.05) is 29.5 Å². The number of anilines is 1. The molecule has 1 saturated heterocycles. The lowest BCUT2D eigenvalue weighted by Gasteiger charge is -2.63. The van der Waals surface area contributed by atoms with Gasteiger partial charge in [-0.1, -0.05) is 6.42 Å². The molecule has 2 amide bonds. The van der Waals surface area contributed by atoms with E-state index in [2.05, 4.69) is 10.6 Å². The van der Waals surface area contributed by atoms with Crippen molar-refractivity contribution in [3.63, 3.8) is 0 Å². The summed E-state index contributed by atoms with van der Waals surface area (Å²) >= 11 is 0. The Morgan fingerprint density at radius 1 is 1.33 bits per heavy atom. The molecule has 126 valence electrons. The van der Waals surface area contributed by atoms with Crippen molar-refractivity contribution in [3.8, 4) is 5.75 Å². The molecule has 2 N–H and O–H groups in total. The summed E-state index contributed by atoms with van der Waals surface area (Å²) in [7, 11) is 0. The van der Waals surface area contributed by atoms with E-state index in [1.54, 1.807) is 18.2 Å². The fourth-order valence-electron chi connectivity index (χ4n) is 4.90. The third-order valence-corrected chi connectivity index (χ3v) is 6.20. The molecule has 2 aliphatic carbocycles. The van der Waals surface area contributed by atoms with Gasteiger partial charge in [-0.2, -0.15) is 0 Å². The quantitative estimate of drug-likeness (QED) is 0.866. The van der Waals surface area contributed by atoms with Crippen LogP contribution >= 0.6 is 0 Å². The van der Waals surface area contributed by atoms with Crippen molar-refractivity contribution in [3.05, 3.63) is 23.8 Å². The molecule has 1 aromatic rings. The van der Waals surface area contributed by atoms with Crippen molar-refractivity contribution in [2.75, 3.05) is 18.5 Å². The van der Waals surface area contributed by atoms with Gasteiger partial charge in [0.1, 0.15) is 5.75 Å². The number of carbonyl (C=O) groups excluding carboxylic acids is 2. The Bertz CT molecular complexity index is 728. The SMILES string of the molecule is O=C1COc2ccc(C(=O)N[C@@H]3[C@@H]4CCO[C@@H]4C34CCC4)cc2N1. The summed E-state index contributed by atoms with van der Waals surface area (Å²) in [5.41, 5.74) is 1.28. The molecule has 3 atom stereocenters. The van der Waals surface area contributed by atoms with Gasteiger partial charge in [0.2, 0.25) is 0 Å². The summed E-state index contributed by atoms with van der Waals surface area (Å²) < 4.78 is 11.2. The van der Waals surface area contributed by atoms with Crippen LogP contribution < -0.4 is 15.4 Å². The minimum Gasteiger partial charge on any atom is -0.482 e. The van der Waals surface area contributed by atoms with E-state index in [4.69, 9.17) is 9.47 Å². The second-order valence-electron chi connectivity index (χ2n) is 7.33. The molecular weight excluding hydrogens is 308 g/mol. The molecule has 6 nitrogen and oxygen atoms in total. The lowest BCUT2D eigenvalue weighted by molar-refractivity contribution is -0.172. The molecule has 1 aromatic carbocycles. The van der Waals surface area contributed by atoms with Gasteiger partial charge >= 0.3 is 0 Å². The first-order valence-corrected chi connectivity index (χ1v) is 8.67. The average molecular weight is 328 g/mol. The molecule has 6 heteroatoms. The van der Waals surface area contributed by atoms with Crippen LogP contribution in [0.5, 0.6) is 5.75 Å². The van der Waals surface area contributed by atoms with E-state index in [1.165, 1.54) is 6.42 Å². The molecule has 5 rings (SSSR count). The number of rotatable bonds is 2. The molecule has 1 spiro atoms. The number of hydrogen-bond donors (Lipinski definition) is 2. The fraction of sp³-hybridized carbons (Fsp3) is 0.556. The summed E-state index contributed by atoms with van der Waals surface area (Å²) in [5.74, 6) is 0.780. The zero-order valence-corrected chi connectivity index (χ0v) is 13.3. The zero-order chi connectivity index (χ0) is 16.3. The van der Waals surface area contributed by atoms with E-state index in [9.17, 15) is 9.59 Å². The lowest BCUT2D eigenvalue weighted by atomic mass is 9.46. The molecule has 2 aliphatic heterocycles. The normalized spacial score (nSPS) is 31.8. The van der Waals surface area contributed by atoms with Crippen LogP contribution in [-0.4, -0.2) is 37.2 Å². The molecule has 3 fully saturated rings. The van der Waals surface area contributed by atoms with Gasteiger partial charge in [0.25, 0.3) is 11.8 Å². The zero-order valence-electron chi connectivity index (χ0n) is 13.3. The topological polar surface area (TPSA) is 76.7 Å². The maximum Gasteiger partial charge on any atom is 0.262 e. The van der Waals surface area contributed by atoms with Gasteiger partial charge in [0.05, 0.1) is 11.8 Å². The highest BCUT2D eigenvalue weighted by Gasteiger charge is 2.66. The summed E-state index contributed by atoms with van der Waals surface area (Å²) in [6.07, 6.45) is 4.89. The molecule has 0 aromatic heterocycles. The number of fused-ring (bicyclic) bond motifs is 3. The Morgan fingerprint density at radius 3 is 3.00 bits per heavy atom. The second kappa shape index (κ2) is 4.96.